The number of allylic oxidation sites excluding steroid dienone is 2. The molecule has 42 heavy (non-hydrogen) atoms. The second-order valence-corrected chi connectivity index (χ2v) is 13.8. The fraction of sp³-hybridized carbons (Fsp3) is 0.606. The number of carbonyl (C=O) groups excluding carboxylic acids is 1. The molecule has 0 saturated heterocycles. The summed E-state index contributed by atoms with van der Waals surface area (Å²) in [6.07, 6.45) is 12.1. The molecule has 1 aromatic heterocycles. The van der Waals surface area contributed by atoms with Crippen molar-refractivity contribution in [3.05, 3.63) is 41.6 Å². The van der Waals surface area contributed by atoms with Crippen LogP contribution in [0.4, 0.5) is 0 Å². The SMILES string of the molecule is C[C@]12CC/C(=N\OCC(=O)N[C@@H](Cc3c[nH]c4ccc(O)cc34)C(=O)O)C=C1CC[C@@H]1[C@@H]2CC[C@@]2(C)[C@H]1CC[C@]2(C)O. The Morgan fingerprint density at radius 1 is 1.12 bits per heavy atom. The van der Waals surface area contributed by atoms with Gasteiger partial charge < -0.3 is 30.5 Å². The number of amides is 1. The zero-order valence-corrected chi connectivity index (χ0v) is 24.8. The fourth-order valence-corrected chi connectivity index (χ4v) is 9.05. The number of aromatic hydroxyl groups is 1. The highest BCUT2D eigenvalue weighted by Crippen LogP contribution is 2.67. The van der Waals surface area contributed by atoms with E-state index in [0.29, 0.717) is 28.7 Å². The van der Waals surface area contributed by atoms with Gasteiger partial charge in [-0.15, -0.1) is 0 Å². The van der Waals surface area contributed by atoms with E-state index in [1.54, 1.807) is 24.4 Å². The number of H-pyrrole nitrogens is 1. The molecule has 1 aromatic carbocycles. The van der Waals surface area contributed by atoms with Crippen molar-refractivity contribution in [3.8, 4) is 5.75 Å². The molecular formula is C33H43N3O6. The summed E-state index contributed by atoms with van der Waals surface area (Å²) in [6.45, 7) is 6.41. The van der Waals surface area contributed by atoms with Crippen molar-refractivity contribution < 1.29 is 29.7 Å². The Bertz CT molecular complexity index is 1460. The number of nitrogens with one attached hydrogen (secondary N) is 2. The average Bonchev–Trinajstić information content (AvgIpc) is 3.44. The van der Waals surface area contributed by atoms with Crippen LogP contribution in [0, 0.1) is 28.6 Å². The maximum absolute atomic E-state index is 12.6. The van der Waals surface area contributed by atoms with E-state index in [2.05, 4.69) is 35.4 Å². The van der Waals surface area contributed by atoms with E-state index in [1.807, 2.05) is 6.92 Å². The van der Waals surface area contributed by atoms with Gasteiger partial charge in [0.2, 0.25) is 0 Å². The highest BCUT2D eigenvalue weighted by Gasteiger charge is 2.62. The molecule has 226 valence electrons. The number of phenols is 1. The highest BCUT2D eigenvalue weighted by atomic mass is 16.6. The summed E-state index contributed by atoms with van der Waals surface area (Å²) >= 11 is 0. The third-order valence-electron chi connectivity index (χ3n) is 11.7. The Balaban J connectivity index is 1.07. The topological polar surface area (TPSA) is 144 Å². The number of carboxylic acids is 1. The van der Waals surface area contributed by atoms with E-state index in [4.69, 9.17) is 4.84 Å². The lowest BCUT2D eigenvalue weighted by atomic mass is 9.46. The van der Waals surface area contributed by atoms with Gasteiger partial charge in [0.05, 0.1) is 11.3 Å². The Kier molecular flexibility index (Phi) is 7.15. The molecule has 9 heteroatoms. The smallest absolute Gasteiger partial charge is 0.326 e. The molecule has 0 unspecified atom stereocenters. The number of hydrogen-bond acceptors (Lipinski definition) is 6. The number of benzene rings is 1. The molecule has 5 N–H and O–H groups in total. The summed E-state index contributed by atoms with van der Waals surface area (Å²) in [6, 6.07) is 3.69. The quantitative estimate of drug-likeness (QED) is 0.291. The van der Waals surface area contributed by atoms with Gasteiger partial charge in [-0.1, -0.05) is 24.6 Å². The van der Waals surface area contributed by atoms with Crippen molar-refractivity contribution in [2.45, 2.75) is 90.2 Å². The van der Waals surface area contributed by atoms with Crippen LogP contribution in [-0.4, -0.2) is 56.1 Å². The lowest BCUT2D eigenvalue weighted by Crippen LogP contribution is -2.53. The highest BCUT2D eigenvalue weighted by molar-refractivity contribution is 5.96. The van der Waals surface area contributed by atoms with Crippen LogP contribution in [0.25, 0.3) is 10.9 Å². The first-order valence-electron chi connectivity index (χ1n) is 15.3. The van der Waals surface area contributed by atoms with Crippen LogP contribution >= 0.6 is 0 Å². The van der Waals surface area contributed by atoms with Crippen LogP contribution in [0.1, 0.15) is 77.7 Å². The van der Waals surface area contributed by atoms with Crippen molar-refractivity contribution in [2.24, 2.45) is 33.7 Å². The normalized spacial score (nSPS) is 35.6. The van der Waals surface area contributed by atoms with Gasteiger partial charge in [0, 0.05) is 23.5 Å². The van der Waals surface area contributed by atoms with Crippen molar-refractivity contribution in [1.82, 2.24) is 10.3 Å². The van der Waals surface area contributed by atoms with Crippen molar-refractivity contribution in [2.75, 3.05) is 6.61 Å². The van der Waals surface area contributed by atoms with Crippen LogP contribution in [-0.2, 0) is 20.8 Å². The number of hydrogen-bond donors (Lipinski definition) is 5. The summed E-state index contributed by atoms with van der Waals surface area (Å²) in [5, 5.41) is 38.2. The number of phenolic OH excluding ortho intramolecular Hbond substituents is 1. The first-order valence-corrected chi connectivity index (χ1v) is 15.3. The fourth-order valence-electron chi connectivity index (χ4n) is 9.05. The number of aromatic nitrogens is 1. The number of nitrogens with zero attached hydrogens (tertiary/aromatic N) is 1. The number of aliphatic carboxylic acids is 1. The van der Waals surface area contributed by atoms with Gasteiger partial charge in [0.15, 0.2) is 6.61 Å². The van der Waals surface area contributed by atoms with Gasteiger partial charge in [0.1, 0.15) is 11.8 Å². The third kappa shape index (κ3) is 4.79. The summed E-state index contributed by atoms with van der Waals surface area (Å²) in [5.41, 5.74) is 3.28. The van der Waals surface area contributed by atoms with E-state index in [-0.39, 0.29) is 29.6 Å². The van der Waals surface area contributed by atoms with Crippen LogP contribution in [0.2, 0.25) is 0 Å². The second kappa shape index (κ2) is 10.4. The molecular weight excluding hydrogens is 534 g/mol. The molecule has 6 rings (SSSR count). The summed E-state index contributed by atoms with van der Waals surface area (Å²) < 4.78 is 0. The minimum absolute atomic E-state index is 0.0134. The minimum atomic E-state index is -1.15. The Morgan fingerprint density at radius 2 is 1.90 bits per heavy atom. The molecule has 3 fully saturated rings. The van der Waals surface area contributed by atoms with Crippen molar-refractivity contribution in [3.63, 3.8) is 0 Å². The van der Waals surface area contributed by atoms with Crippen LogP contribution in [0.3, 0.4) is 0 Å². The Morgan fingerprint density at radius 3 is 2.69 bits per heavy atom. The maximum atomic E-state index is 12.6. The monoisotopic (exact) mass is 577 g/mol. The van der Waals surface area contributed by atoms with Gasteiger partial charge in [0.25, 0.3) is 5.91 Å². The van der Waals surface area contributed by atoms with Crippen LogP contribution in [0.15, 0.2) is 41.2 Å². The zero-order valence-electron chi connectivity index (χ0n) is 24.8. The molecule has 0 spiro atoms. The largest absolute Gasteiger partial charge is 0.508 e. The molecule has 3 saturated carbocycles. The third-order valence-corrected chi connectivity index (χ3v) is 11.7. The molecule has 9 nitrogen and oxygen atoms in total. The Hall–Kier alpha value is -3.33. The maximum Gasteiger partial charge on any atom is 0.326 e. The number of carboxylic acid groups (broad SMARTS) is 1. The van der Waals surface area contributed by atoms with E-state index in [1.165, 1.54) is 5.57 Å². The summed E-state index contributed by atoms with van der Waals surface area (Å²) in [7, 11) is 0. The standard InChI is InChI=1S/C33H43N3O6/c1-31-11-8-21(15-20(31)4-6-23-25(31)9-12-32(2)26(23)10-13-33(32,3)41)36-42-18-29(38)35-28(30(39)40)14-19-17-34-27-7-5-22(37)16-24(19)27/h5,7,15-17,23,25-26,28,34,37,41H,4,6,8-14,18H2,1-3H3,(H,35,38)(H,39,40)/b36-21+/t23-,25+,26+,28+,31+,32+,33+/m1/s1. The molecule has 1 amide bonds. The molecule has 4 aliphatic rings. The van der Waals surface area contributed by atoms with Gasteiger partial charge in [-0.25, -0.2) is 4.79 Å². The zero-order chi connectivity index (χ0) is 29.9. The number of fused-ring (bicyclic) bond motifs is 6. The lowest BCUT2D eigenvalue weighted by molar-refractivity contribution is -0.142. The van der Waals surface area contributed by atoms with E-state index >= 15 is 0 Å². The van der Waals surface area contributed by atoms with Gasteiger partial charge in [-0.3, -0.25) is 4.79 Å². The van der Waals surface area contributed by atoms with E-state index in [0.717, 1.165) is 62.6 Å². The van der Waals surface area contributed by atoms with E-state index < -0.39 is 23.5 Å². The van der Waals surface area contributed by atoms with Crippen LogP contribution in [0.5, 0.6) is 5.75 Å². The first kappa shape index (κ1) is 28.8. The molecule has 2 aromatic rings. The molecule has 0 radical (unpaired) electrons. The average molecular weight is 578 g/mol. The number of aromatic amines is 1. The molecule has 0 aliphatic heterocycles. The number of carbonyl (C=O) groups is 2. The number of oxime groups is 1. The van der Waals surface area contributed by atoms with E-state index in [9.17, 15) is 24.9 Å². The molecule has 7 atom stereocenters. The lowest BCUT2D eigenvalue weighted by Gasteiger charge is -2.59. The van der Waals surface area contributed by atoms with Crippen molar-refractivity contribution >= 4 is 28.5 Å². The van der Waals surface area contributed by atoms with Gasteiger partial charge >= 0.3 is 5.97 Å². The number of aliphatic hydroxyl groups is 1. The van der Waals surface area contributed by atoms with Gasteiger partial charge in [-0.05, 0) is 117 Å². The first-order chi connectivity index (χ1) is 19.9. The number of rotatable bonds is 7. The predicted molar refractivity (Wildman–Crippen MR) is 159 cm³/mol. The summed E-state index contributed by atoms with van der Waals surface area (Å²) in [4.78, 5) is 33.0. The predicted octanol–water partition coefficient (Wildman–Crippen LogP) is 5.07. The molecule has 4 aliphatic carbocycles. The van der Waals surface area contributed by atoms with Crippen LogP contribution < -0.4 is 5.32 Å². The van der Waals surface area contributed by atoms with Gasteiger partial charge in [-0.2, -0.15) is 0 Å². The minimum Gasteiger partial charge on any atom is -0.508 e. The Labute approximate surface area is 246 Å². The second-order valence-electron chi connectivity index (χ2n) is 13.8. The van der Waals surface area contributed by atoms with Crippen molar-refractivity contribution in [1.29, 1.82) is 0 Å². The molecule has 0 bridgehead atoms. The molecule has 1 heterocycles. The summed E-state index contributed by atoms with van der Waals surface area (Å²) in [5.74, 6) is 0.227.